The van der Waals surface area contributed by atoms with Crippen molar-refractivity contribution in [2.75, 3.05) is 25.5 Å². The van der Waals surface area contributed by atoms with Crippen molar-refractivity contribution in [2.45, 2.75) is 19.4 Å². The quantitative estimate of drug-likeness (QED) is 0.824. The van der Waals surface area contributed by atoms with Gasteiger partial charge in [0.15, 0.2) is 0 Å². The summed E-state index contributed by atoms with van der Waals surface area (Å²) in [4.78, 5) is 3.54. The van der Waals surface area contributed by atoms with Gasteiger partial charge in [0, 0.05) is 41.6 Å². The number of rotatable bonds is 6. The molecule has 0 amide bonds. The number of hydrogen-bond donors (Lipinski definition) is 1. The van der Waals surface area contributed by atoms with Crippen LogP contribution in [0.1, 0.15) is 23.4 Å². The van der Waals surface area contributed by atoms with Gasteiger partial charge in [-0.2, -0.15) is 0 Å². The van der Waals surface area contributed by atoms with Crippen LogP contribution in [-0.2, 0) is 6.42 Å². The van der Waals surface area contributed by atoms with E-state index in [0.717, 1.165) is 13.0 Å². The van der Waals surface area contributed by atoms with Gasteiger partial charge in [-0.05, 0) is 51.6 Å². The molecule has 1 aromatic carbocycles. The summed E-state index contributed by atoms with van der Waals surface area (Å²) < 4.78 is 1.22. The molecule has 0 saturated heterocycles. The van der Waals surface area contributed by atoms with E-state index in [-0.39, 0.29) is 0 Å². The van der Waals surface area contributed by atoms with Crippen LogP contribution < -0.4 is 10.2 Å². The van der Waals surface area contributed by atoms with Crippen LogP contribution in [0.15, 0.2) is 40.2 Å². The number of likely N-dealkylation sites (N-methyl/N-ethyl adjacent to an activating group) is 1. The average Bonchev–Trinajstić information content (AvgIpc) is 2.84. The number of anilines is 1. The lowest BCUT2D eigenvalue weighted by atomic mass is 10.0. The van der Waals surface area contributed by atoms with Gasteiger partial charge in [-0.15, -0.1) is 11.3 Å². The Balaban J connectivity index is 2.24. The summed E-state index contributed by atoms with van der Waals surface area (Å²) in [5.41, 5.74) is 2.59. The zero-order valence-corrected chi connectivity index (χ0v) is 14.6. The van der Waals surface area contributed by atoms with Gasteiger partial charge in [-0.3, -0.25) is 0 Å². The number of thiophene rings is 1. The van der Waals surface area contributed by atoms with E-state index in [0.29, 0.717) is 6.04 Å². The van der Waals surface area contributed by atoms with Gasteiger partial charge in [-0.25, -0.2) is 0 Å². The van der Waals surface area contributed by atoms with E-state index in [9.17, 15) is 0 Å². The zero-order chi connectivity index (χ0) is 14.5. The third-order valence-corrected chi connectivity index (χ3v) is 5.27. The molecule has 1 heterocycles. The minimum absolute atomic E-state index is 0.356. The molecule has 1 atom stereocenters. The summed E-state index contributed by atoms with van der Waals surface area (Å²) in [5, 5.41) is 5.74. The standard InChI is InChI=1S/C16H21BrN2S/c1-4-18-15(11-16-14(17)8-9-20-16)12-6-5-7-13(10-12)19(2)3/h5-10,15,18H,4,11H2,1-3H3. The van der Waals surface area contributed by atoms with Gasteiger partial charge in [0.1, 0.15) is 0 Å². The molecule has 0 aliphatic rings. The Morgan fingerprint density at radius 2 is 2.10 bits per heavy atom. The first-order chi connectivity index (χ1) is 9.61. The summed E-state index contributed by atoms with van der Waals surface area (Å²) in [5.74, 6) is 0. The van der Waals surface area contributed by atoms with Crippen LogP contribution in [-0.4, -0.2) is 20.6 Å². The average molecular weight is 353 g/mol. The van der Waals surface area contributed by atoms with Crippen LogP contribution in [0, 0.1) is 0 Å². The first-order valence-corrected chi connectivity index (χ1v) is 8.51. The fourth-order valence-corrected chi connectivity index (χ4v) is 3.79. The SMILES string of the molecule is CCNC(Cc1sccc1Br)c1cccc(N(C)C)c1. The first-order valence-electron chi connectivity index (χ1n) is 6.84. The highest BCUT2D eigenvalue weighted by atomic mass is 79.9. The maximum absolute atomic E-state index is 3.63. The van der Waals surface area contributed by atoms with E-state index in [1.54, 1.807) is 0 Å². The maximum atomic E-state index is 3.63. The van der Waals surface area contributed by atoms with Crippen molar-refractivity contribution in [3.05, 3.63) is 50.6 Å². The summed E-state index contributed by atoms with van der Waals surface area (Å²) in [6.07, 6.45) is 1.02. The Morgan fingerprint density at radius 3 is 2.70 bits per heavy atom. The lowest BCUT2D eigenvalue weighted by Crippen LogP contribution is -2.23. The van der Waals surface area contributed by atoms with Crippen molar-refractivity contribution >= 4 is 33.0 Å². The molecule has 4 heteroatoms. The summed E-state index contributed by atoms with van der Waals surface area (Å²) in [6, 6.07) is 11.2. The van der Waals surface area contributed by atoms with Crippen molar-refractivity contribution < 1.29 is 0 Å². The third-order valence-electron chi connectivity index (χ3n) is 3.32. The molecule has 0 fully saturated rings. The lowest BCUT2D eigenvalue weighted by molar-refractivity contribution is 0.552. The molecule has 0 aliphatic heterocycles. The van der Waals surface area contributed by atoms with Crippen LogP contribution in [0.5, 0.6) is 0 Å². The molecule has 0 saturated carbocycles. The van der Waals surface area contributed by atoms with Crippen molar-refractivity contribution in [1.29, 1.82) is 0 Å². The predicted molar refractivity (Wildman–Crippen MR) is 92.9 cm³/mol. The highest BCUT2D eigenvalue weighted by Crippen LogP contribution is 2.29. The number of benzene rings is 1. The van der Waals surface area contributed by atoms with Gasteiger partial charge < -0.3 is 10.2 Å². The predicted octanol–water partition coefficient (Wildman–Crippen LogP) is 4.47. The number of halogens is 1. The first kappa shape index (κ1) is 15.5. The summed E-state index contributed by atoms with van der Waals surface area (Å²) in [7, 11) is 4.16. The van der Waals surface area contributed by atoms with Crippen LogP contribution in [0.2, 0.25) is 0 Å². The van der Waals surface area contributed by atoms with Crippen LogP contribution in [0.4, 0.5) is 5.69 Å². The van der Waals surface area contributed by atoms with E-state index in [1.807, 2.05) is 11.3 Å². The van der Waals surface area contributed by atoms with Crippen molar-refractivity contribution in [3.8, 4) is 0 Å². The second kappa shape index (κ2) is 7.25. The Bertz CT molecular complexity index is 551. The maximum Gasteiger partial charge on any atom is 0.0369 e. The van der Waals surface area contributed by atoms with Crippen molar-refractivity contribution in [3.63, 3.8) is 0 Å². The van der Waals surface area contributed by atoms with Gasteiger partial charge in [0.2, 0.25) is 0 Å². The zero-order valence-electron chi connectivity index (χ0n) is 12.2. The Kier molecular flexibility index (Phi) is 5.64. The van der Waals surface area contributed by atoms with Crippen molar-refractivity contribution in [1.82, 2.24) is 5.32 Å². The topological polar surface area (TPSA) is 15.3 Å². The molecule has 2 rings (SSSR count). The second-order valence-corrected chi connectivity index (χ2v) is 6.85. The molecule has 0 spiro atoms. The van der Waals surface area contributed by atoms with E-state index >= 15 is 0 Å². The normalized spacial score (nSPS) is 12.4. The van der Waals surface area contributed by atoms with E-state index in [2.05, 4.69) is 82.9 Å². The minimum atomic E-state index is 0.356. The fraction of sp³-hybridized carbons (Fsp3) is 0.375. The molecule has 1 N–H and O–H groups in total. The molecule has 2 aromatic rings. The summed E-state index contributed by atoms with van der Waals surface area (Å²) >= 11 is 5.44. The molecule has 0 radical (unpaired) electrons. The highest BCUT2D eigenvalue weighted by molar-refractivity contribution is 9.10. The van der Waals surface area contributed by atoms with Crippen molar-refractivity contribution in [2.24, 2.45) is 0 Å². The van der Waals surface area contributed by atoms with E-state index in [4.69, 9.17) is 0 Å². The molecule has 0 aliphatic carbocycles. The fourth-order valence-electron chi connectivity index (χ4n) is 2.23. The number of nitrogens with zero attached hydrogens (tertiary/aromatic N) is 1. The molecule has 0 bridgehead atoms. The van der Waals surface area contributed by atoms with Gasteiger partial charge in [0.05, 0.1) is 0 Å². The van der Waals surface area contributed by atoms with Gasteiger partial charge in [0.25, 0.3) is 0 Å². The monoisotopic (exact) mass is 352 g/mol. The lowest BCUT2D eigenvalue weighted by Gasteiger charge is -2.20. The number of hydrogen-bond acceptors (Lipinski definition) is 3. The smallest absolute Gasteiger partial charge is 0.0369 e. The Labute approximate surface area is 133 Å². The second-order valence-electron chi connectivity index (χ2n) is 5.00. The van der Waals surface area contributed by atoms with E-state index in [1.165, 1.54) is 20.6 Å². The highest BCUT2D eigenvalue weighted by Gasteiger charge is 2.14. The Morgan fingerprint density at radius 1 is 1.30 bits per heavy atom. The third kappa shape index (κ3) is 3.84. The molecule has 1 unspecified atom stereocenters. The molecule has 2 nitrogen and oxygen atoms in total. The number of nitrogens with one attached hydrogen (secondary N) is 1. The largest absolute Gasteiger partial charge is 0.378 e. The molecular weight excluding hydrogens is 332 g/mol. The van der Waals surface area contributed by atoms with Gasteiger partial charge in [-0.1, -0.05) is 19.1 Å². The van der Waals surface area contributed by atoms with Crippen LogP contribution in [0.25, 0.3) is 0 Å². The van der Waals surface area contributed by atoms with Gasteiger partial charge >= 0.3 is 0 Å². The minimum Gasteiger partial charge on any atom is -0.378 e. The van der Waals surface area contributed by atoms with Crippen LogP contribution >= 0.6 is 27.3 Å². The Hall–Kier alpha value is -0.840. The summed E-state index contributed by atoms with van der Waals surface area (Å²) in [6.45, 7) is 3.13. The molecular formula is C16H21BrN2S. The molecule has 108 valence electrons. The molecule has 20 heavy (non-hydrogen) atoms. The molecule has 1 aromatic heterocycles. The van der Waals surface area contributed by atoms with E-state index < -0.39 is 0 Å². The van der Waals surface area contributed by atoms with Crippen LogP contribution in [0.3, 0.4) is 0 Å².